The summed E-state index contributed by atoms with van der Waals surface area (Å²) in [7, 11) is 0. The van der Waals surface area contributed by atoms with Gasteiger partial charge in [0.1, 0.15) is 11.1 Å². The Morgan fingerprint density at radius 1 is 1.46 bits per heavy atom. The van der Waals surface area contributed by atoms with Crippen LogP contribution >= 0.6 is 11.3 Å². The van der Waals surface area contributed by atoms with E-state index < -0.39 is 0 Å². The van der Waals surface area contributed by atoms with Gasteiger partial charge in [-0.05, 0) is 38.3 Å². The first kappa shape index (κ1) is 17.1. The van der Waals surface area contributed by atoms with Crippen LogP contribution in [0.3, 0.4) is 0 Å². The second kappa shape index (κ2) is 7.45. The minimum Gasteiger partial charge on any atom is -0.372 e. The van der Waals surface area contributed by atoms with Gasteiger partial charge in [-0.3, -0.25) is 4.79 Å². The third kappa shape index (κ3) is 3.52. The van der Waals surface area contributed by atoms with Crippen LogP contribution in [0.15, 0.2) is 29.6 Å². The molecule has 0 N–H and O–H groups in total. The molecule has 1 amide bonds. The van der Waals surface area contributed by atoms with Crippen LogP contribution in [0.2, 0.25) is 0 Å². The van der Waals surface area contributed by atoms with E-state index in [1.54, 1.807) is 11.3 Å². The Labute approximate surface area is 147 Å². The standard InChI is InChI=1S/C19H24N2O2S/c1-4-23-14(3)19-20-16(12-24-19)11-18(22)21-10-9-15-7-5-6-8-17(15)13(21)2/h5-8,12-14H,4,9-11H2,1-3H3/t13-,14+/m0/s1. The van der Waals surface area contributed by atoms with E-state index in [2.05, 4.69) is 30.1 Å². The quantitative estimate of drug-likeness (QED) is 0.825. The molecular formula is C19H24N2O2S. The molecule has 1 aliphatic heterocycles. The number of thiazole rings is 1. The summed E-state index contributed by atoms with van der Waals surface area (Å²) in [5, 5.41) is 2.92. The number of ether oxygens (including phenoxy) is 1. The van der Waals surface area contributed by atoms with Gasteiger partial charge < -0.3 is 9.64 Å². The molecule has 4 nitrogen and oxygen atoms in total. The number of aromatic nitrogens is 1. The van der Waals surface area contributed by atoms with Crippen molar-refractivity contribution in [2.75, 3.05) is 13.2 Å². The summed E-state index contributed by atoms with van der Waals surface area (Å²) < 4.78 is 5.57. The summed E-state index contributed by atoms with van der Waals surface area (Å²) >= 11 is 1.57. The third-order valence-corrected chi connectivity index (χ3v) is 5.64. The zero-order valence-corrected chi connectivity index (χ0v) is 15.3. The molecule has 0 unspecified atom stereocenters. The van der Waals surface area contributed by atoms with Gasteiger partial charge in [0.2, 0.25) is 5.91 Å². The SMILES string of the molecule is CCO[C@H](C)c1nc(CC(=O)N2CCc3ccccc3[C@@H]2C)cs1. The number of nitrogens with zero attached hydrogens (tertiary/aromatic N) is 2. The lowest BCUT2D eigenvalue weighted by molar-refractivity contribution is -0.133. The minimum absolute atomic E-state index is 0.00959. The van der Waals surface area contributed by atoms with Crippen LogP contribution in [0.25, 0.3) is 0 Å². The van der Waals surface area contributed by atoms with Crippen LogP contribution in [0.5, 0.6) is 0 Å². The largest absolute Gasteiger partial charge is 0.372 e. The molecule has 24 heavy (non-hydrogen) atoms. The van der Waals surface area contributed by atoms with Gasteiger partial charge >= 0.3 is 0 Å². The predicted octanol–water partition coefficient (Wildman–Crippen LogP) is 3.93. The molecule has 0 fully saturated rings. The fourth-order valence-corrected chi connectivity index (χ4v) is 4.10. The number of hydrogen-bond donors (Lipinski definition) is 0. The lowest BCUT2D eigenvalue weighted by atomic mass is 9.93. The highest BCUT2D eigenvalue weighted by atomic mass is 32.1. The van der Waals surface area contributed by atoms with Crippen LogP contribution in [-0.2, 0) is 22.4 Å². The molecule has 0 spiro atoms. The van der Waals surface area contributed by atoms with Crippen molar-refractivity contribution in [2.24, 2.45) is 0 Å². The molecule has 1 aromatic heterocycles. The Morgan fingerprint density at radius 3 is 3.04 bits per heavy atom. The fourth-order valence-electron chi connectivity index (χ4n) is 3.28. The van der Waals surface area contributed by atoms with Crippen LogP contribution in [0.4, 0.5) is 0 Å². The van der Waals surface area contributed by atoms with Crippen molar-refractivity contribution in [3.05, 3.63) is 51.5 Å². The Morgan fingerprint density at radius 2 is 2.25 bits per heavy atom. The van der Waals surface area contributed by atoms with Gasteiger partial charge in [-0.15, -0.1) is 11.3 Å². The molecular weight excluding hydrogens is 320 g/mol. The Balaban J connectivity index is 1.68. The molecule has 0 saturated heterocycles. The second-order valence-electron chi connectivity index (χ2n) is 6.16. The van der Waals surface area contributed by atoms with E-state index in [9.17, 15) is 4.79 Å². The fraction of sp³-hybridized carbons (Fsp3) is 0.474. The predicted molar refractivity (Wildman–Crippen MR) is 96.1 cm³/mol. The second-order valence-corrected chi connectivity index (χ2v) is 7.05. The summed E-state index contributed by atoms with van der Waals surface area (Å²) in [4.78, 5) is 19.3. The molecule has 0 radical (unpaired) electrons. The highest BCUT2D eigenvalue weighted by Crippen LogP contribution is 2.30. The van der Waals surface area contributed by atoms with Crippen LogP contribution in [0, 0.1) is 0 Å². The molecule has 1 aromatic carbocycles. The lowest BCUT2D eigenvalue weighted by Crippen LogP contribution is -2.39. The highest BCUT2D eigenvalue weighted by molar-refractivity contribution is 7.09. The van der Waals surface area contributed by atoms with Gasteiger partial charge in [0.15, 0.2) is 0 Å². The first-order valence-corrected chi connectivity index (χ1v) is 9.41. The van der Waals surface area contributed by atoms with Crippen molar-refractivity contribution in [3.8, 4) is 0 Å². The molecule has 5 heteroatoms. The van der Waals surface area contributed by atoms with Crippen molar-refractivity contribution < 1.29 is 9.53 Å². The Kier molecular flexibility index (Phi) is 5.31. The summed E-state index contributed by atoms with van der Waals surface area (Å²) in [6, 6.07) is 8.53. The zero-order valence-electron chi connectivity index (χ0n) is 14.5. The minimum atomic E-state index is -0.00959. The summed E-state index contributed by atoms with van der Waals surface area (Å²) in [5.41, 5.74) is 3.47. The Bertz CT molecular complexity index is 713. The first-order valence-electron chi connectivity index (χ1n) is 8.53. The summed E-state index contributed by atoms with van der Waals surface area (Å²) in [6.45, 7) is 7.53. The molecule has 128 valence electrons. The van der Waals surface area contributed by atoms with Gasteiger partial charge in [-0.1, -0.05) is 24.3 Å². The number of carbonyl (C=O) groups is 1. The van der Waals surface area contributed by atoms with Gasteiger partial charge in [0.25, 0.3) is 0 Å². The molecule has 0 bridgehead atoms. The van der Waals surface area contributed by atoms with E-state index >= 15 is 0 Å². The van der Waals surface area contributed by atoms with Gasteiger partial charge in [0, 0.05) is 18.5 Å². The van der Waals surface area contributed by atoms with E-state index in [1.165, 1.54) is 11.1 Å². The molecule has 0 aliphatic carbocycles. The van der Waals surface area contributed by atoms with Crippen molar-refractivity contribution in [3.63, 3.8) is 0 Å². The summed E-state index contributed by atoms with van der Waals surface area (Å²) in [6.07, 6.45) is 1.28. The maximum atomic E-state index is 12.8. The van der Waals surface area contributed by atoms with Crippen LogP contribution < -0.4 is 0 Å². The number of rotatable bonds is 5. The third-order valence-electron chi connectivity index (χ3n) is 4.58. The van der Waals surface area contributed by atoms with Crippen LogP contribution in [0.1, 0.15) is 54.7 Å². The van der Waals surface area contributed by atoms with Gasteiger partial charge in [-0.25, -0.2) is 4.98 Å². The number of fused-ring (bicyclic) bond motifs is 1. The van der Waals surface area contributed by atoms with Crippen LogP contribution in [-0.4, -0.2) is 28.9 Å². The highest BCUT2D eigenvalue weighted by Gasteiger charge is 2.27. The number of hydrogen-bond acceptors (Lipinski definition) is 4. The zero-order chi connectivity index (χ0) is 17.1. The molecule has 2 heterocycles. The first-order chi connectivity index (χ1) is 11.6. The normalized spacial score (nSPS) is 18.3. The molecule has 2 atom stereocenters. The lowest BCUT2D eigenvalue weighted by Gasteiger charge is -2.35. The number of benzene rings is 1. The average molecular weight is 344 g/mol. The van der Waals surface area contributed by atoms with Crippen molar-refractivity contribution in [1.29, 1.82) is 0 Å². The smallest absolute Gasteiger partial charge is 0.229 e. The van der Waals surface area contributed by atoms with E-state index in [0.29, 0.717) is 13.0 Å². The maximum absolute atomic E-state index is 12.8. The van der Waals surface area contributed by atoms with Crippen molar-refractivity contribution >= 4 is 17.2 Å². The summed E-state index contributed by atoms with van der Waals surface area (Å²) in [5.74, 6) is 0.151. The van der Waals surface area contributed by atoms with Crippen molar-refractivity contribution in [1.82, 2.24) is 9.88 Å². The maximum Gasteiger partial charge on any atom is 0.229 e. The molecule has 3 rings (SSSR count). The van der Waals surface area contributed by atoms with Gasteiger partial charge in [-0.2, -0.15) is 0 Å². The molecule has 0 saturated carbocycles. The average Bonchev–Trinajstić information content (AvgIpc) is 3.04. The number of amides is 1. The topological polar surface area (TPSA) is 42.4 Å². The van der Waals surface area contributed by atoms with E-state index in [0.717, 1.165) is 23.7 Å². The van der Waals surface area contributed by atoms with E-state index in [-0.39, 0.29) is 18.1 Å². The Hall–Kier alpha value is -1.72. The monoisotopic (exact) mass is 344 g/mol. The van der Waals surface area contributed by atoms with Gasteiger partial charge in [0.05, 0.1) is 18.2 Å². The molecule has 2 aromatic rings. The molecule has 1 aliphatic rings. The van der Waals surface area contributed by atoms with E-state index in [1.807, 2.05) is 30.2 Å². The van der Waals surface area contributed by atoms with Crippen molar-refractivity contribution in [2.45, 2.75) is 45.8 Å². The number of carbonyl (C=O) groups excluding carboxylic acids is 1. The van der Waals surface area contributed by atoms with E-state index in [4.69, 9.17) is 4.74 Å².